The summed E-state index contributed by atoms with van der Waals surface area (Å²) in [7, 11) is 0. The van der Waals surface area contributed by atoms with Gasteiger partial charge >= 0.3 is 0 Å². The molecule has 2 rings (SSSR count). The average molecular weight is 298 g/mol. The van der Waals surface area contributed by atoms with Crippen LogP contribution in [0.5, 0.6) is 0 Å². The Hall–Kier alpha value is -3.06. The van der Waals surface area contributed by atoms with E-state index in [4.69, 9.17) is 5.21 Å². The third-order valence-electron chi connectivity index (χ3n) is 2.78. The summed E-state index contributed by atoms with van der Waals surface area (Å²) in [5.74, 6) is -0.868. The van der Waals surface area contributed by atoms with E-state index >= 15 is 0 Å². The minimum Gasteiger partial charge on any atom is -0.347 e. The Morgan fingerprint density at radius 1 is 1.18 bits per heavy atom. The average Bonchev–Trinajstić information content (AvgIpc) is 2.59. The number of hydroxylamine groups is 1. The number of aromatic nitrogens is 2. The lowest BCUT2D eigenvalue weighted by atomic mass is 10.1. The van der Waals surface area contributed by atoms with E-state index in [9.17, 15) is 9.59 Å². The van der Waals surface area contributed by atoms with E-state index in [1.165, 1.54) is 30.1 Å². The molecule has 0 atom stereocenters. The smallest absolute Gasteiger partial charge is 0.270 e. The minimum atomic E-state index is -0.596. The van der Waals surface area contributed by atoms with Gasteiger partial charge in [0.1, 0.15) is 12.0 Å². The maximum absolute atomic E-state index is 11.8. The highest BCUT2D eigenvalue weighted by Gasteiger charge is 2.05. The van der Waals surface area contributed by atoms with Crippen LogP contribution in [0.25, 0.3) is 6.08 Å². The molecule has 0 radical (unpaired) electrons. The van der Waals surface area contributed by atoms with Gasteiger partial charge in [0.15, 0.2) is 0 Å². The second-order valence-electron chi connectivity index (χ2n) is 4.33. The number of nitrogens with one attached hydrogen (secondary N) is 2. The monoisotopic (exact) mass is 298 g/mol. The third-order valence-corrected chi connectivity index (χ3v) is 2.78. The van der Waals surface area contributed by atoms with Crippen molar-refractivity contribution in [1.82, 2.24) is 20.8 Å². The lowest BCUT2D eigenvalue weighted by Crippen LogP contribution is -2.23. The molecule has 3 N–H and O–H groups in total. The predicted octanol–water partition coefficient (Wildman–Crippen LogP) is 0.925. The van der Waals surface area contributed by atoms with E-state index in [0.29, 0.717) is 12.2 Å². The number of benzene rings is 1. The quantitative estimate of drug-likeness (QED) is 0.432. The first-order valence-corrected chi connectivity index (χ1v) is 6.44. The summed E-state index contributed by atoms with van der Waals surface area (Å²) < 4.78 is 0. The van der Waals surface area contributed by atoms with Gasteiger partial charge in [0, 0.05) is 18.8 Å². The summed E-state index contributed by atoms with van der Waals surface area (Å²) in [6.07, 6.45) is 5.60. The van der Waals surface area contributed by atoms with Crippen molar-refractivity contribution in [2.75, 3.05) is 0 Å². The normalized spacial score (nSPS) is 10.4. The SMILES string of the molecule is O=C(/C=C/c1ccc(CNC(=O)c2ccncn2)cc1)NO. The lowest BCUT2D eigenvalue weighted by Gasteiger charge is -2.05. The molecule has 0 aliphatic heterocycles. The zero-order valence-electron chi connectivity index (χ0n) is 11.6. The van der Waals surface area contributed by atoms with Gasteiger partial charge in [-0.05, 0) is 23.3 Å². The van der Waals surface area contributed by atoms with Crippen LogP contribution in [0.1, 0.15) is 21.6 Å². The first kappa shape index (κ1) is 15.3. The van der Waals surface area contributed by atoms with Crippen molar-refractivity contribution in [1.29, 1.82) is 0 Å². The van der Waals surface area contributed by atoms with Crippen LogP contribution in [0.15, 0.2) is 48.9 Å². The molecule has 22 heavy (non-hydrogen) atoms. The summed E-state index contributed by atoms with van der Waals surface area (Å²) >= 11 is 0. The first-order valence-electron chi connectivity index (χ1n) is 6.44. The van der Waals surface area contributed by atoms with Gasteiger partial charge in [0.25, 0.3) is 11.8 Å². The predicted molar refractivity (Wildman–Crippen MR) is 78.6 cm³/mol. The van der Waals surface area contributed by atoms with Crippen LogP contribution in [-0.4, -0.2) is 27.0 Å². The van der Waals surface area contributed by atoms with Crippen LogP contribution in [-0.2, 0) is 11.3 Å². The van der Waals surface area contributed by atoms with Crippen molar-refractivity contribution < 1.29 is 14.8 Å². The zero-order chi connectivity index (χ0) is 15.8. The number of hydrogen-bond acceptors (Lipinski definition) is 5. The van der Waals surface area contributed by atoms with Crippen LogP contribution < -0.4 is 10.8 Å². The first-order chi connectivity index (χ1) is 10.7. The van der Waals surface area contributed by atoms with E-state index in [-0.39, 0.29) is 5.91 Å². The Kier molecular flexibility index (Phi) is 5.33. The minimum absolute atomic E-state index is 0.272. The van der Waals surface area contributed by atoms with Gasteiger partial charge in [-0.25, -0.2) is 15.4 Å². The van der Waals surface area contributed by atoms with Crippen LogP contribution in [0.4, 0.5) is 0 Å². The largest absolute Gasteiger partial charge is 0.347 e. The highest BCUT2D eigenvalue weighted by atomic mass is 16.5. The van der Waals surface area contributed by atoms with Crippen molar-refractivity contribution >= 4 is 17.9 Å². The number of hydrogen-bond donors (Lipinski definition) is 3. The fraction of sp³-hybridized carbons (Fsp3) is 0.0667. The van der Waals surface area contributed by atoms with Crippen molar-refractivity contribution in [3.63, 3.8) is 0 Å². The van der Waals surface area contributed by atoms with Crippen molar-refractivity contribution in [2.45, 2.75) is 6.54 Å². The Bertz CT molecular complexity index is 669. The fourth-order valence-electron chi connectivity index (χ4n) is 1.65. The third kappa shape index (κ3) is 4.50. The Balaban J connectivity index is 1.90. The molecule has 0 fully saturated rings. The summed E-state index contributed by atoms with van der Waals surface area (Å²) in [4.78, 5) is 30.3. The number of amides is 2. The Labute approximate surface area is 126 Å². The van der Waals surface area contributed by atoms with Crippen molar-refractivity contribution in [3.05, 3.63) is 65.8 Å². The second kappa shape index (κ2) is 7.65. The molecule has 0 bridgehead atoms. The van der Waals surface area contributed by atoms with E-state index in [1.54, 1.807) is 18.2 Å². The van der Waals surface area contributed by atoms with Crippen LogP contribution in [0.2, 0.25) is 0 Å². The highest BCUT2D eigenvalue weighted by molar-refractivity contribution is 5.92. The molecule has 112 valence electrons. The molecule has 0 unspecified atom stereocenters. The molecule has 0 saturated heterocycles. The molecular weight excluding hydrogens is 284 g/mol. The molecule has 0 saturated carbocycles. The number of nitrogens with zero attached hydrogens (tertiary/aromatic N) is 2. The fourth-order valence-corrected chi connectivity index (χ4v) is 1.65. The molecule has 7 heteroatoms. The number of carbonyl (C=O) groups excluding carboxylic acids is 2. The molecule has 1 heterocycles. The highest BCUT2D eigenvalue weighted by Crippen LogP contribution is 2.06. The van der Waals surface area contributed by atoms with Crippen LogP contribution >= 0.6 is 0 Å². The van der Waals surface area contributed by atoms with Gasteiger partial charge in [-0.2, -0.15) is 0 Å². The van der Waals surface area contributed by atoms with E-state index in [0.717, 1.165) is 11.1 Å². The number of carbonyl (C=O) groups is 2. The Morgan fingerprint density at radius 3 is 2.59 bits per heavy atom. The van der Waals surface area contributed by atoms with Gasteiger partial charge in [0.05, 0.1) is 0 Å². The molecule has 2 aromatic rings. The maximum Gasteiger partial charge on any atom is 0.270 e. The van der Waals surface area contributed by atoms with Gasteiger partial charge in [0.2, 0.25) is 0 Å². The van der Waals surface area contributed by atoms with Crippen LogP contribution in [0, 0.1) is 0 Å². The zero-order valence-corrected chi connectivity index (χ0v) is 11.6. The van der Waals surface area contributed by atoms with E-state index < -0.39 is 5.91 Å². The lowest BCUT2D eigenvalue weighted by molar-refractivity contribution is -0.124. The van der Waals surface area contributed by atoms with Gasteiger partial charge in [-0.1, -0.05) is 24.3 Å². The van der Waals surface area contributed by atoms with Gasteiger partial charge in [-0.15, -0.1) is 0 Å². The number of rotatable bonds is 5. The molecule has 0 spiro atoms. The van der Waals surface area contributed by atoms with E-state index in [1.807, 2.05) is 12.1 Å². The van der Waals surface area contributed by atoms with E-state index in [2.05, 4.69) is 15.3 Å². The molecule has 1 aromatic carbocycles. The molecule has 0 aliphatic carbocycles. The van der Waals surface area contributed by atoms with Gasteiger partial charge < -0.3 is 5.32 Å². The topological polar surface area (TPSA) is 104 Å². The summed E-state index contributed by atoms with van der Waals surface area (Å²) in [5.41, 5.74) is 3.53. The molecule has 7 nitrogen and oxygen atoms in total. The maximum atomic E-state index is 11.8. The molecule has 0 aliphatic rings. The summed E-state index contributed by atoms with van der Waals surface area (Å²) in [5, 5.41) is 11.1. The second-order valence-corrected chi connectivity index (χ2v) is 4.33. The molecule has 1 aromatic heterocycles. The summed E-state index contributed by atoms with van der Waals surface area (Å²) in [6, 6.07) is 8.80. The van der Waals surface area contributed by atoms with Crippen molar-refractivity contribution in [3.8, 4) is 0 Å². The Morgan fingerprint density at radius 2 is 1.95 bits per heavy atom. The summed E-state index contributed by atoms with van der Waals surface area (Å²) in [6.45, 7) is 0.365. The van der Waals surface area contributed by atoms with Crippen molar-refractivity contribution in [2.24, 2.45) is 0 Å². The molecule has 2 amide bonds. The van der Waals surface area contributed by atoms with Crippen LogP contribution in [0.3, 0.4) is 0 Å². The molecular formula is C15H14N4O3. The van der Waals surface area contributed by atoms with Gasteiger partial charge in [-0.3, -0.25) is 14.8 Å². The standard InChI is InChI=1S/C15H14N4O3/c20-14(19-22)6-5-11-1-3-12(4-2-11)9-17-15(21)13-7-8-16-10-18-13/h1-8,10,22H,9H2,(H,17,21)(H,19,20)/b6-5+.